The highest BCUT2D eigenvalue weighted by atomic mass is 19.3. The number of carbonyl (C=O) groups is 2. The molecule has 2 aromatic rings. The van der Waals surface area contributed by atoms with Crippen LogP contribution in [0.1, 0.15) is 13.3 Å². The monoisotopic (exact) mass is 421 g/mol. The number of nitrogens with zero attached hydrogens (tertiary/aromatic N) is 3. The second-order valence-electron chi connectivity index (χ2n) is 7.07. The number of primary amides is 1. The number of cyclic esters (lactones) is 1. The zero-order valence-electron chi connectivity index (χ0n) is 16.2. The third-order valence-corrected chi connectivity index (χ3v) is 5.12. The van der Waals surface area contributed by atoms with Gasteiger partial charge in [0.25, 0.3) is 5.92 Å². The number of alkyl halides is 2. The number of rotatable bonds is 6. The molecular weight excluding hydrogens is 400 g/mol. The first-order valence-corrected chi connectivity index (χ1v) is 9.50. The largest absolute Gasteiger partial charge is 0.491 e. The summed E-state index contributed by atoms with van der Waals surface area (Å²) in [5, 5.41) is 2.89. The van der Waals surface area contributed by atoms with Crippen molar-refractivity contribution >= 4 is 23.5 Å². The first-order valence-electron chi connectivity index (χ1n) is 9.50. The van der Waals surface area contributed by atoms with E-state index in [0.717, 1.165) is 4.90 Å². The minimum Gasteiger partial charge on any atom is -0.491 e. The maximum Gasteiger partial charge on any atom is 0.416 e. The molecule has 2 aliphatic heterocycles. The Morgan fingerprint density at radius 1 is 1.40 bits per heavy atom. The number of nitrogens with one attached hydrogen (secondary N) is 1. The van der Waals surface area contributed by atoms with Crippen LogP contribution in [0, 0.1) is 0 Å². The summed E-state index contributed by atoms with van der Waals surface area (Å²) in [6.45, 7) is 1.67. The van der Waals surface area contributed by atoms with Crippen molar-refractivity contribution < 1.29 is 27.8 Å². The number of halogens is 2. The Bertz CT molecular complexity index is 993. The molecule has 1 aromatic carbocycles. The van der Waals surface area contributed by atoms with Gasteiger partial charge < -0.3 is 25.1 Å². The van der Waals surface area contributed by atoms with E-state index in [4.69, 9.17) is 15.2 Å². The highest BCUT2D eigenvalue weighted by Gasteiger charge is 2.50. The van der Waals surface area contributed by atoms with Gasteiger partial charge in [-0.15, -0.1) is 0 Å². The fraction of sp³-hybridized carbons (Fsp3) is 0.421. The van der Waals surface area contributed by atoms with Gasteiger partial charge in [0.15, 0.2) is 5.82 Å². The molecule has 3 heterocycles. The summed E-state index contributed by atoms with van der Waals surface area (Å²) in [7, 11) is 0. The second-order valence-corrected chi connectivity index (χ2v) is 7.07. The lowest BCUT2D eigenvalue weighted by atomic mass is 10.1. The van der Waals surface area contributed by atoms with Gasteiger partial charge in [-0.1, -0.05) is 6.92 Å². The Kier molecular flexibility index (Phi) is 4.96. The third-order valence-electron chi connectivity index (χ3n) is 5.12. The molecule has 1 atom stereocenters. The van der Waals surface area contributed by atoms with Crippen LogP contribution < -0.4 is 20.7 Å². The summed E-state index contributed by atoms with van der Waals surface area (Å²) >= 11 is 0. The van der Waals surface area contributed by atoms with Gasteiger partial charge in [-0.05, 0) is 12.1 Å². The fourth-order valence-corrected chi connectivity index (χ4v) is 3.50. The number of benzene rings is 1. The Morgan fingerprint density at radius 3 is 2.93 bits per heavy atom. The number of fused-ring (bicyclic) bond motifs is 3. The molecule has 1 aromatic heterocycles. The van der Waals surface area contributed by atoms with Gasteiger partial charge in [-0.3, -0.25) is 4.79 Å². The van der Waals surface area contributed by atoms with Crippen LogP contribution in [0.3, 0.4) is 0 Å². The molecular formula is C19H21F2N5O4. The van der Waals surface area contributed by atoms with E-state index in [1.165, 1.54) is 6.92 Å². The van der Waals surface area contributed by atoms with Crippen molar-refractivity contribution in [2.75, 3.05) is 30.0 Å². The summed E-state index contributed by atoms with van der Waals surface area (Å²) in [6, 6.07) is 3.77. The topological polar surface area (TPSA) is 112 Å². The standard InChI is InChI=1S/C19H21F2N5O4/c1-2-19(20,21)14-10-30-18(28)26(14)16-9-25-5-6-29-13-7-11(23-8-15(22)27)3-4-12(13)17(25)24-16/h3-4,7,9,14,23H,2,5-6,8,10H2,1H3,(H2,22,27). The van der Waals surface area contributed by atoms with Gasteiger partial charge in [0, 0.05) is 24.4 Å². The van der Waals surface area contributed by atoms with E-state index in [-0.39, 0.29) is 12.4 Å². The van der Waals surface area contributed by atoms with Crippen molar-refractivity contribution in [2.45, 2.75) is 31.9 Å². The Balaban J connectivity index is 1.69. The van der Waals surface area contributed by atoms with Crippen LogP contribution in [-0.4, -0.2) is 53.3 Å². The summed E-state index contributed by atoms with van der Waals surface area (Å²) in [5.41, 5.74) is 6.42. The number of anilines is 2. The number of hydrogen-bond donors (Lipinski definition) is 2. The molecule has 3 N–H and O–H groups in total. The molecule has 0 aliphatic carbocycles. The average molecular weight is 421 g/mol. The highest BCUT2D eigenvalue weighted by Crippen LogP contribution is 2.38. The van der Waals surface area contributed by atoms with Crippen LogP contribution >= 0.6 is 0 Å². The zero-order valence-corrected chi connectivity index (χ0v) is 16.2. The van der Waals surface area contributed by atoms with Crippen molar-refractivity contribution in [1.29, 1.82) is 0 Å². The van der Waals surface area contributed by atoms with E-state index in [2.05, 4.69) is 10.3 Å². The SMILES string of the molecule is CCC(F)(F)C1COC(=O)N1c1cn2c(n1)-c1ccc(NCC(N)=O)cc1OCC2. The van der Waals surface area contributed by atoms with E-state index in [1.54, 1.807) is 29.0 Å². The lowest BCUT2D eigenvalue weighted by Crippen LogP contribution is -2.46. The molecule has 11 heteroatoms. The molecule has 2 aliphatic rings. The maximum atomic E-state index is 14.4. The van der Waals surface area contributed by atoms with Crippen molar-refractivity contribution in [3.05, 3.63) is 24.4 Å². The smallest absolute Gasteiger partial charge is 0.416 e. The van der Waals surface area contributed by atoms with Crippen molar-refractivity contribution in [2.24, 2.45) is 5.73 Å². The summed E-state index contributed by atoms with van der Waals surface area (Å²) in [6.07, 6.45) is 0.290. The van der Waals surface area contributed by atoms with Gasteiger partial charge in [-0.2, -0.15) is 0 Å². The van der Waals surface area contributed by atoms with Crippen LogP contribution in [0.2, 0.25) is 0 Å². The average Bonchev–Trinajstić information content (AvgIpc) is 3.26. The molecule has 0 spiro atoms. The predicted molar refractivity (Wildman–Crippen MR) is 104 cm³/mol. The Hall–Kier alpha value is -3.37. The number of nitrogens with two attached hydrogens (primary N) is 1. The molecule has 0 bridgehead atoms. The lowest BCUT2D eigenvalue weighted by molar-refractivity contribution is -0.116. The Morgan fingerprint density at radius 2 is 2.20 bits per heavy atom. The van der Waals surface area contributed by atoms with Gasteiger partial charge >= 0.3 is 6.09 Å². The predicted octanol–water partition coefficient (Wildman–Crippen LogP) is 2.21. The fourth-order valence-electron chi connectivity index (χ4n) is 3.50. The van der Waals surface area contributed by atoms with Crippen LogP contribution in [0.5, 0.6) is 5.75 Å². The van der Waals surface area contributed by atoms with Crippen LogP contribution in [-0.2, 0) is 16.1 Å². The molecule has 1 fully saturated rings. The maximum absolute atomic E-state index is 14.4. The second kappa shape index (κ2) is 7.47. The molecule has 0 saturated carbocycles. The van der Waals surface area contributed by atoms with E-state index in [1.807, 2.05) is 0 Å². The molecule has 0 radical (unpaired) electrons. The van der Waals surface area contributed by atoms with Gasteiger partial charge in [0.2, 0.25) is 5.91 Å². The van der Waals surface area contributed by atoms with Crippen molar-refractivity contribution in [3.63, 3.8) is 0 Å². The molecule has 4 rings (SSSR count). The van der Waals surface area contributed by atoms with Gasteiger partial charge in [-0.25, -0.2) is 23.5 Å². The van der Waals surface area contributed by atoms with E-state index in [0.29, 0.717) is 36.0 Å². The van der Waals surface area contributed by atoms with Crippen LogP contribution in [0.4, 0.5) is 25.1 Å². The number of hydrogen-bond acceptors (Lipinski definition) is 6. The zero-order chi connectivity index (χ0) is 21.5. The number of aromatic nitrogens is 2. The summed E-state index contributed by atoms with van der Waals surface area (Å²) < 4.78 is 41.1. The van der Waals surface area contributed by atoms with E-state index >= 15 is 0 Å². The van der Waals surface area contributed by atoms with Crippen molar-refractivity contribution in [1.82, 2.24) is 9.55 Å². The molecule has 160 valence electrons. The van der Waals surface area contributed by atoms with Crippen LogP contribution in [0.25, 0.3) is 11.4 Å². The lowest BCUT2D eigenvalue weighted by Gasteiger charge is -2.26. The van der Waals surface area contributed by atoms with Gasteiger partial charge in [0.05, 0.1) is 18.7 Å². The molecule has 2 amide bonds. The van der Waals surface area contributed by atoms with E-state index < -0.39 is 37.0 Å². The Labute approximate surface area is 170 Å². The first kappa shape index (κ1) is 19.9. The molecule has 30 heavy (non-hydrogen) atoms. The van der Waals surface area contributed by atoms with E-state index in [9.17, 15) is 18.4 Å². The molecule has 1 unspecified atom stereocenters. The minimum absolute atomic E-state index is 0.0261. The normalized spacial score (nSPS) is 18.2. The number of amides is 2. The number of imidazole rings is 1. The molecule has 1 saturated heterocycles. The minimum atomic E-state index is -3.10. The quantitative estimate of drug-likeness (QED) is 0.740. The highest BCUT2D eigenvalue weighted by molar-refractivity contribution is 5.90. The number of carbonyl (C=O) groups excluding carboxylic acids is 2. The first-order chi connectivity index (χ1) is 14.3. The van der Waals surface area contributed by atoms with Gasteiger partial charge in [0.1, 0.15) is 30.8 Å². The summed E-state index contributed by atoms with van der Waals surface area (Å²) in [5.74, 6) is -2.50. The summed E-state index contributed by atoms with van der Waals surface area (Å²) in [4.78, 5) is 28.6. The van der Waals surface area contributed by atoms with Crippen LogP contribution in [0.15, 0.2) is 24.4 Å². The van der Waals surface area contributed by atoms with Crippen molar-refractivity contribution in [3.8, 4) is 17.1 Å². The third kappa shape index (κ3) is 3.51. The number of ether oxygens (including phenoxy) is 2. The molecule has 9 nitrogen and oxygen atoms in total.